The van der Waals surface area contributed by atoms with E-state index in [0.29, 0.717) is 19.1 Å². The second-order valence-electron chi connectivity index (χ2n) is 5.62. The van der Waals surface area contributed by atoms with Gasteiger partial charge in [0, 0.05) is 45.3 Å². The predicted molar refractivity (Wildman–Crippen MR) is 76.8 cm³/mol. The van der Waals surface area contributed by atoms with E-state index in [0.717, 1.165) is 32.6 Å². The van der Waals surface area contributed by atoms with Gasteiger partial charge in [0.15, 0.2) is 0 Å². The van der Waals surface area contributed by atoms with Crippen molar-refractivity contribution in [1.82, 2.24) is 15.1 Å². The predicted octanol–water partition coefficient (Wildman–Crippen LogP) is 0.996. The fraction of sp³-hybridized carbons (Fsp3) is 0.533. The maximum absolute atomic E-state index is 10.9. The molecule has 0 saturated carbocycles. The monoisotopic (exact) mass is 275 g/mol. The Labute approximate surface area is 119 Å². The Hall–Kier alpha value is -1.59. The Morgan fingerprint density at radius 2 is 1.90 bits per heavy atom. The summed E-state index contributed by atoms with van der Waals surface area (Å²) in [5.41, 5.74) is 2.85. The molecule has 1 aromatic rings. The van der Waals surface area contributed by atoms with Crippen molar-refractivity contribution in [3.8, 4) is 0 Å². The van der Waals surface area contributed by atoms with Crippen LogP contribution in [-0.4, -0.2) is 59.8 Å². The average Bonchev–Trinajstić information content (AvgIpc) is 2.48. The Bertz CT molecular complexity index is 484. The molecule has 0 spiro atoms. The molecule has 3 rings (SSSR count). The first-order valence-electron chi connectivity index (χ1n) is 7.23. The summed E-state index contributed by atoms with van der Waals surface area (Å²) >= 11 is 0. The second-order valence-corrected chi connectivity index (χ2v) is 5.62. The van der Waals surface area contributed by atoms with E-state index in [1.54, 1.807) is 0 Å². The van der Waals surface area contributed by atoms with Crippen LogP contribution in [0.25, 0.3) is 0 Å². The van der Waals surface area contributed by atoms with Crippen LogP contribution in [-0.2, 0) is 13.0 Å². The average molecular weight is 275 g/mol. The smallest absolute Gasteiger partial charge is 0.407 e. The molecule has 1 fully saturated rings. The zero-order chi connectivity index (χ0) is 13.9. The number of carboxylic acid groups (broad SMARTS) is 1. The quantitative estimate of drug-likeness (QED) is 0.845. The molecular formula is C15H21N3O2. The molecule has 5 heteroatoms. The highest BCUT2D eigenvalue weighted by Gasteiger charge is 2.24. The number of amides is 1. The second kappa shape index (κ2) is 5.81. The van der Waals surface area contributed by atoms with Crippen LogP contribution < -0.4 is 5.32 Å². The molecule has 1 saturated heterocycles. The summed E-state index contributed by atoms with van der Waals surface area (Å²) in [4.78, 5) is 14.7. The number of piperazine rings is 1. The SMILES string of the molecule is O=C(O)N1CCN(CC2Cc3ccccc3CN2)CC1. The Balaban J connectivity index is 1.52. The highest BCUT2D eigenvalue weighted by atomic mass is 16.4. The number of nitrogens with zero attached hydrogens (tertiary/aromatic N) is 2. The van der Waals surface area contributed by atoms with Crippen LogP contribution in [0.4, 0.5) is 4.79 Å². The first-order chi connectivity index (χ1) is 9.72. The van der Waals surface area contributed by atoms with Gasteiger partial charge in [-0.2, -0.15) is 0 Å². The molecule has 2 N–H and O–H groups in total. The van der Waals surface area contributed by atoms with E-state index in [1.807, 2.05) is 0 Å². The molecule has 5 nitrogen and oxygen atoms in total. The number of benzene rings is 1. The van der Waals surface area contributed by atoms with E-state index < -0.39 is 6.09 Å². The molecule has 0 aromatic heterocycles. The van der Waals surface area contributed by atoms with Gasteiger partial charge in [-0.15, -0.1) is 0 Å². The van der Waals surface area contributed by atoms with Crippen molar-refractivity contribution in [3.63, 3.8) is 0 Å². The van der Waals surface area contributed by atoms with Crippen LogP contribution in [0.15, 0.2) is 24.3 Å². The van der Waals surface area contributed by atoms with Crippen molar-refractivity contribution in [2.75, 3.05) is 32.7 Å². The third-order valence-electron chi connectivity index (χ3n) is 4.29. The fourth-order valence-electron chi connectivity index (χ4n) is 3.08. The van der Waals surface area contributed by atoms with Crippen molar-refractivity contribution in [2.24, 2.45) is 0 Å². The minimum absolute atomic E-state index is 0.473. The van der Waals surface area contributed by atoms with Crippen LogP contribution in [0, 0.1) is 0 Å². The number of fused-ring (bicyclic) bond motifs is 1. The summed E-state index contributed by atoms with van der Waals surface area (Å²) < 4.78 is 0. The summed E-state index contributed by atoms with van der Waals surface area (Å²) in [6.07, 6.45) is 0.268. The summed E-state index contributed by atoms with van der Waals surface area (Å²) in [6, 6.07) is 9.07. The lowest BCUT2D eigenvalue weighted by Crippen LogP contribution is -2.52. The van der Waals surface area contributed by atoms with Crippen molar-refractivity contribution >= 4 is 6.09 Å². The molecule has 1 atom stereocenters. The standard InChI is InChI=1S/C15H21N3O2/c19-15(20)18-7-5-17(6-8-18)11-14-9-12-3-1-2-4-13(12)10-16-14/h1-4,14,16H,5-11H2,(H,19,20). The van der Waals surface area contributed by atoms with Gasteiger partial charge in [0.2, 0.25) is 0 Å². The number of hydrogen-bond acceptors (Lipinski definition) is 3. The molecule has 2 aliphatic rings. The molecule has 2 heterocycles. The summed E-state index contributed by atoms with van der Waals surface area (Å²) in [5.74, 6) is 0. The third kappa shape index (κ3) is 2.94. The van der Waals surface area contributed by atoms with E-state index in [-0.39, 0.29) is 0 Å². The molecule has 20 heavy (non-hydrogen) atoms. The molecule has 2 aliphatic heterocycles. The van der Waals surface area contributed by atoms with Gasteiger partial charge in [-0.25, -0.2) is 4.79 Å². The van der Waals surface area contributed by atoms with Crippen LogP contribution in [0.3, 0.4) is 0 Å². The highest BCUT2D eigenvalue weighted by Crippen LogP contribution is 2.17. The van der Waals surface area contributed by atoms with Crippen LogP contribution in [0.5, 0.6) is 0 Å². The molecule has 1 amide bonds. The first kappa shape index (κ1) is 13.4. The van der Waals surface area contributed by atoms with Gasteiger partial charge in [-0.05, 0) is 17.5 Å². The Morgan fingerprint density at radius 1 is 1.20 bits per heavy atom. The van der Waals surface area contributed by atoms with E-state index in [4.69, 9.17) is 5.11 Å². The molecular weight excluding hydrogens is 254 g/mol. The summed E-state index contributed by atoms with van der Waals surface area (Å²) in [6.45, 7) is 4.87. The molecule has 0 radical (unpaired) electrons. The van der Waals surface area contributed by atoms with Crippen molar-refractivity contribution in [2.45, 2.75) is 19.0 Å². The van der Waals surface area contributed by atoms with Crippen molar-refractivity contribution in [3.05, 3.63) is 35.4 Å². The van der Waals surface area contributed by atoms with E-state index >= 15 is 0 Å². The van der Waals surface area contributed by atoms with Gasteiger partial charge in [-0.3, -0.25) is 4.90 Å². The van der Waals surface area contributed by atoms with E-state index in [9.17, 15) is 4.79 Å². The van der Waals surface area contributed by atoms with Gasteiger partial charge in [0.25, 0.3) is 0 Å². The number of carbonyl (C=O) groups is 1. The van der Waals surface area contributed by atoms with E-state index in [1.165, 1.54) is 16.0 Å². The topological polar surface area (TPSA) is 55.8 Å². The zero-order valence-electron chi connectivity index (χ0n) is 11.6. The number of nitrogens with one attached hydrogen (secondary N) is 1. The van der Waals surface area contributed by atoms with Crippen molar-refractivity contribution < 1.29 is 9.90 Å². The largest absolute Gasteiger partial charge is 0.465 e. The third-order valence-corrected chi connectivity index (χ3v) is 4.29. The molecule has 0 aliphatic carbocycles. The lowest BCUT2D eigenvalue weighted by Gasteiger charge is -2.36. The minimum atomic E-state index is -0.797. The number of rotatable bonds is 2. The van der Waals surface area contributed by atoms with Gasteiger partial charge in [0.05, 0.1) is 0 Å². The summed E-state index contributed by atoms with van der Waals surface area (Å²) in [5, 5.41) is 12.5. The first-order valence-corrected chi connectivity index (χ1v) is 7.23. The Kier molecular flexibility index (Phi) is 3.89. The van der Waals surface area contributed by atoms with Crippen LogP contribution >= 0.6 is 0 Å². The summed E-state index contributed by atoms with van der Waals surface area (Å²) in [7, 11) is 0. The van der Waals surface area contributed by atoms with Gasteiger partial charge in [0.1, 0.15) is 0 Å². The lowest BCUT2D eigenvalue weighted by atomic mass is 9.95. The minimum Gasteiger partial charge on any atom is -0.465 e. The maximum Gasteiger partial charge on any atom is 0.407 e. The van der Waals surface area contributed by atoms with Gasteiger partial charge < -0.3 is 15.3 Å². The maximum atomic E-state index is 10.9. The van der Waals surface area contributed by atoms with Crippen molar-refractivity contribution in [1.29, 1.82) is 0 Å². The molecule has 1 aromatic carbocycles. The highest BCUT2D eigenvalue weighted by molar-refractivity contribution is 5.65. The molecule has 108 valence electrons. The van der Waals surface area contributed by atoms with Crippen LogP contribution in [0.2, 0.25) is 0 Å². The zero-order valence-corrected chi connectivity index (χ0v) is 11.6. The Morgan fingerprint density at radius 3 is 2.60 bits per heavy atom. The van der Waals surface area contributed by atoms with E-state index in [2.05, 4.69) is 34.5 Å². The lowest BCUT2D eigenvalue weighted by molar-refractivity contribution is 0.100. The number of hydrogen-bond donors (Lipinski definition) is 2. The van der Waals surface area contributed by atoms with Crippen LogP contribution in [0.1, 0.15) is 11.1 Å². The van der Waals surface area contributed by atoms with Gasteiger partial charge in [-0.1, -0.05) is 24.3 Å². The normalized spacial score (nSPS) is 23.4. The molecule has 0 bridgehead atoms. The fourth-order valence-corrected chi connectivity index (χ4v) is 3.08. The molecule has 1 unspecified atom stereocenters. The van der Waals surface area contributed by atoms with Gasteiger partial charge >= 0.3 is 6.09 Å².